The van der Waals surface area contributed by atoms with Gasteiger partial charge in [0.2, 0.25) is 0 Å². The molecule has 5 nitrogen and oxygen atoms in total. The maximum Gasteiger partial charge on any atom is 0.340 e. The predicted molar refractivity (Wildman–Crippen MR) is 60.7 cm³/mol. The van der Waals surface area contributed by atoms with Gasteiger partial charge in [0.25, 0.3) is 0 Å². The second-order valence-corrected chi connectivity index (χ2v) is 3.74. The van der Waals surface area contributed by atoms with Crippen molar-refractivity contribution >= 4 is 17.6 Å². The Hall–Kier alpha value is -2.11. The molecule has 0 radical (unpaired) electrons. The van der Waals surface area contributed by atoms with Gasteiger partial charge in [-0.25, -0.2) is 14.0 Å². The fraction of sp³-hybridized carbons (Fsp3) is 0.333. The second kappa shape index (κ2) is 5.03. The minimum atomic E-state index is -0.822. The van der Waals surface area contributed by atoms with E-state index in [1.54, 1.807) is 6.92 Å². The van der Waals surface area contributed by atoms with E-state index in [0.29, 0.717) is 0 Å². The highest BCUT2D eigenvalue weighted by atomic mass is 19.1. The van der Waals surface area contributed by atoms with Crippen LogP contribution >= 0.6 is 0 Å². The maximum absolute atomic E-state index is 13.1. The monoisotopic (exact) mass is 253 g/mol. The highest BCUT2D eigenvalue weighted by Gasteiger charge is 2.28. The number of carbonyl (C=O) groups excluding carboxylic acids is 2. The molecule has 1 unspecified atom stereocenters. The standard InChI is InChI=1S/C12H12FNO4/c1-2-17-12(16)10-6-18-11(15)8-4-3-7(13)5-9(8)14-10/h3-5,10,14H,2,6H2,1H3. The predicted octanol–water partition coefficient (Wildman–Crippen LogP) is 1.34. The fourth-order valence-corrected chi connectivity index (χ4v) is 1.65. The Kier molecular flexibility index (Phi) is 3.45. The summed E-state index contributed by atoms with van der Waals surface area (Å²) in [6, 6.07) is 2.80. The van der Waals surface area contributed by atoms with Gasteiger partial charge < -0.3 is 14.8 Å². The van der Waals surface area contributed by atoms with Crippen molar-refractivity contribution in [2.75, 3.05) is 18.5 Å². The van der Waals surface area contributed by atoms with Crippen LogP contribution in [0.2, 0.25) is 0 Å². The molecule has 1 aliphatic rings. The van der Waals surface area contributed by atoms with Gasteiger partial charge in [-0.2, -0.15) is 0 Å². The van der Waals surface area contributed by atoms with Gasteiger partial charge in [-0.15, -0.1) is 0 Å². The Morgan fingerprint density at radius 2 is 2.39 bits per heavy atom. The molecule has 1 aromatic carbocycles. The van der Waals surface area contributed by atoms with E-state index in [4.69, 9.17) is 9.47 Å². The Morgan fingerprint density at radius 3 is 3.11 bits per heavy atom. The molecule has 0 spiro atoms. The average molecular weight is 253 g/mol. The number of ether oxygens (including phenoxy) is 2. The summed E-state index contributed by atoms with van der Waals surface area (Å²) in [5, 5.41) is 2.75. The van der Waals surface area contributed by atoms with Gasteiger partial charge >= 0.3 is 11.9 Å². The number of esters is 2. The van der Waals surface area contributed by atoms with Gasteiger partial charge in [-0.1, -0.05) is 0 Å². The van der Waals surface area contributed by atoms with Crippen molar-refractivity contribution in [2.24, 2.45) is 0 Å². The number of rotatable bonds is 2. The van der Waals surface area contributed by atoms with Crippen LogP contribution in [0, 0.1) is 5.82 Å². The molecule has 18 heavy (non-hydrogen) atoms. The van der Waals surface area contributed by atoms with Crippen LogP contribution in [0.3, 0.4) is 0 Å². The molecule has 0 bridgehead atoms. The number of carbonyl (C=O) groups is 2. The van der Waals surface area contributed by atoms with Crippen LogP contribution in [0.5, 0.6) is 0 Å². The maximum atomic E-state index is 13.1. The van der Waals surface area contributed by atoms with Crippen molar-refractivity contribution < 1.29 is 23.5 Å². The first-order valence-corrected chi connectivity index (χ1v) is 5.51. The molecular weight excluding hydrogens is 241 g/mol. The van der Waals surface area contributed by atoms with Crippen molar-refractivity contribution in [3.63, 3.8) is 0 Å². The molecule has 1 aromatic rings. The number of fused-ring (bicyclic) bond motifs is 1. The minimum absolute atomic E-state index is 0.145. The largest absolute Gasteiger partial charge is 0.464 e. The third-order valence-corrected chi connectivity index (χ3v) is 2.48. The number of nitrogens with one attached hydrogen (secondary N) is 1. The Labute approximate surface area is 103 Å². The van der Waals surface area contributed by atoms with Crippen LogP contribution < -0.4 is 5.32 Å². The van der Waals surface area contributed by atoms with Crippen molar-refractivity contribution in [3.8, 4) is 0 Å². The molecule has 0 aromatic heterocycles. The number of hydrogen-bond donors (Lipinski definition) is 1. The second-order valence-electron chi connectivity index (χ2n) is 3.74. The Bertz CT molecular complexity index is 489. The fourth-order valence-electron chi connectivity index (χ4n) is 1.65. The molecule has 0 saturated heterocycles. The summed E-state index contributed by atoms with van der Waals surface area (Å²) in [5.74, 6) is -1.63. The van der Waals surface area contributed by atoms with Crippen LogP contribution in [0.4, 0.5) is 10.1 Å². The Balaban J connectivity index is 2.28. The minimum Gasteiger partial charge on any atom is -0.464 e. The summed E-state index contributed by atoms with van der Waals surface area (Å²) >= 11 is 0. The summed E-state index contributed by atoms with van der Waals surface area (Å²) < 4.78 is 22.9. The molecule has 2 rings (SSSR count). The van der Waals surface area contributed by atoms with Crippen LogP contribution in [-0.4, -0.2) is 31.2 Å². The topological polar surface area (TPSA) is 64.6 Å². The van der Waals surface area contributed by atoms with E-state index in [9.17, 15) is 14.0 Å². The highest BCUT2D eigenvalue weighted by molar-refractivity contribution is 5.97. The zero-order valence-electron chi connectivity index (χ0n) is 9.73. The molecule has 0 saturated carbocycles. The van der Waals surface area contributed by atoms with Gasteiger partial charge in [-0.05, 0) is 25.1 Å². The summed E-state index contributed by atoms with van der Waals surface area (Å²) in [6.07, 6.45) is 0. The molecule has 1 heterocycles. The number of benzene rings is 1. The van der Waals surface area contributed by atoms with E-state index in [2.05, 4.69) is 5.32 Å². The van der Waals surface area contributed by atoms with Crippen molar-refractivity contribution in [2.45, 2.75) is 13.0 Å². The third-order valence-electron chi connectivity index (χ3n) is 2.48. The van der Waals surface area contributed by atoms with Crippen LogP contribution in [0.1, 0.15) is 17.3 Å². The van der Waals surface area contributed by atoms with E-state index in [1.165, 1.54) is 6.07 Å². The first-order valence-electron chi connectivity index (χ1n) is 5.51. The van der Waals surface area contributed by atoms with Gasteiger partial charge in [0.15, 0.2) is 6.04 Å². The third kappa shape index (κ3) is 2.42. The molecule has 0 fully saturated rings. The van der Waals surface area contributed by atoms with Crippen LogP contribution in [0.15, 0.2) is 18.2 Å². The zero-order valence-corrected chi connectivity index (χ0v) is 9.73. The lowest BCUT2D eigenvalue weighted by Gasteiger charge is -2.14. The van der Waals surface area contributed by atoms with E-state index >= 15 is 0 Å². The number of hydrogen-bond acceptors (Lipinski definition) is 5. The molecule has 1 aliphatic heterocycles. The van der Waals surface area contributed by atoms with Gasteiger partial charge in [0.05, 0.1) is 17.9 Å². The van der Waals surface area contributed by atoms with E-state index in [0.717, 1.165) is 12.1 Å². The normalized spacial score (nSPS) is 18.1. The lowest BCUT2D eigenvalue weighted by molar-refractivity contribution is -0.144. The zero-order chi connectivity index (χ0) is 13.1. The lowest BCUT2D eigenvalue weighted by atomic mass is 10.1. The summed E-state index contributed by atoms with van der Waals surface area (Å²) in [5.41, 5.74) is 0.429. The molecule has 1 N–H and O–H groups in total. The summed E-state index contributed by atoms with van der Waals surface area (Å²) in [7, 11) is 0. The SMILES string of the molecule is CCOC(=O)C1COC(=O)c2ccc(F)cc2N1. The molecular formula is C12H12FNO4. The first kappa shape index (κ1) is 12.3. The lowest BCUT2D eigenvalue weighted by Crippen LogP contribution is -2.34. The van der Waals surface area contributed by atoms with Gasteiger partial charge in [-0.3, -0.25) is 0 Å². The van der Waals surface area contributed by atoms with Crippen LogP contribution in [0.25, 0.3) is 0 Å². The van der Waals surface area contributed by atoms with E-state index in [-0.39, 0.29) is 24.5 Å². The molecule has 1 atom stereocenters. The molecule has 6 heteroatoms. The number of cyclic esters (lactones) is 1. The first-order chi connectivity index (χ1) is 8.61. The van der Waals surface area contributed by atoms with E-state index < -0.39 is 23.8 Å². The average Bonchev–Trinajstić information content (AvgIpc) is 2.49. The number of anilines is 1. The highest BCUT2D eigenvalue weighted by Crippen LogP contribution is 2.22. The van der Waals surface area contributed by atoms with Gasteiger partial charge in [0.1, 0.15) is 12.4 Å². The summed E-state index contributed by atoms with van der Waals surface area (Å²) in [4.78, 5) is 23.2. The molecule has 0 amide bonds. The van der Waals surface area contributed by atoms with Gasteiger partial charge in [0, 0.05) is 0 Å². The van der Waals surface area contributed by atoms with E-state index in [1.807, 2.05) is 0 Å². The van der Waals surface area contributed by atoms with Crippen LogP contribution in [-0.2, 0) is 14.3 Å². The van der Waals surface area contributed by atoms with Crippen molar-refractivity contribution in [1.29, 1.82) is 0 Å². The van der Waals surface area contributed by atoms with Crippen molar-refractivity contribution in [1.82, 2.24) is 0 Å². The molecule has 0 aliphatic carbocycles. The summed E-state index contributed by atoms with van der Waals surface area (Å²) in [6.45, 7) is 1.75. The quantitative estimate of drug-likeness (QED) is 0.806. The van der Waals surface area contributed by atoms with Crippen molar-refractivity contribution in [3.05, 3.63) is 29.6 Å². The Morgan fingerprint density at radius 1 is 1.61 bits per heavy atom. The number of halogens is 1. The smallest absolute Gasteiger partial charge is 0.340 e. The molecule has 96 valence electrons.